The molecule has 1 aromatic rings. The highest BCUT2D eigenvalue weighted by atomic mass is 32.2. The Morgan fingerprint density at radius 1 is 1.45 bits per heavy atom. The zero-order valence-corrected chi connectivity index (χ0v) is 13.0. The smallest absolute Gasteiger partial charge is 0.407 e. The monoisotopic (exact) mass is 294 g/mol. The van der Waals surface area contributed by atoms with Crippen LogP contribution in [0.3, 0.4) is 0 Å². The molecule has 0 atom stereocenters. The summed E-state index contributed by atoms with van der Waals surface area (Å²) in [7, 11) is 0. The number of hydrogen-bond donors (Lipinski definition) is 1. The van der Waals surface area contributed by atoms with E-state index < -0.39 is 0 Å². The Morgan fingerprint density at radius 2 is 2.25 bits per heavy atom. The number of carbonyl (C=O) groups excluding carboxylic acids is 1. The van der Waals surface area contributed by atoms with E-state index in [9.17, 15) is 4.79 Å². The molecule has 1 amide bonds. The van der Waals surface area contributed by atoms with Crippen LogP contribution in [0.2, 0.25) is 0 Å². The molecular formula is C15H22N2O2S. The summed E-state index contributed by atoms with van der Waals surface area (Å²) in [5.41, 5.74) is 3.76. The predicted octanol–water partition coefficient (Wildman–Crippen LogP) is 3.11. The average molecular weight is 294 g/mol. The maximum Gasteiger partial charge on any atom is 0.407 e. The van der Waals surface area contributed by atoms with Crippen molar-refractivity contribution in [2.24, 2.45) is 0 Å². The SMILES string of the molecule is CCNC(=O)OCCSc1cc(C)nc2c1CCCC2. The standard InChI is InChI=1S/C15H22N2O2S/c1-3-16-15(18)19-8-9-20-14-10-11(2)17-13-7-5-4-6-12(13)14/h10H,3-9H2,1-2H3,(H,16,18). The van der Waals surface area contributed by atoms with E-state index in [4.69, 9.17) is 4.74 Å². The number of amides is 1. The van der Waals surface area contributed by atoms with E-state index in [0.29, 0.717) is 13.2 Å². The zero-order chi connectivity index (χ0) is 14.4. The number of pyridine rings is 1. The van der Waals surface area contributed by atoms with Gasteiger partial charge in [-0.05, 0) is 51.2 Å². The molecule has 1 aliphatic carbocycles. The van der Waals surface area contributed by atoms with Gasteiger partial charge < -0.3 is 10.1 Å². The van der Waals surface area contributed by atoms with Crippen LogP contribution in [-0.4, -0.2) is 30.0 Å². The molecule has 2 rings (SSSR count). The fraction of sp³-hybridized carbons (Fsp3) is 0.600. The lowest BCUT2D eigenvalue weighted by Crippen LogP contribution is -2.24. The summed E-state index contributed by atoms with van der Waals surface area (Å²) in [6.07, 6.45) is 4.39. The molecule has 1 heterocycles. The first-order valence-corrected chi connectivity index (χ1v) is 8.22. The van der Waals surface area contributed by atoms with Gasteiger partial charge in [0.15, 0.2) is 0 Å². The number of aromatic nitrogens is 1. The molecule has 0 aliphatic heterocycles. The van der Waals surface area contributed by atoms with E-state index >= 15 is 0 Å². The van der Waals surface area contributed by atoms with E-state index in [0.717, 1.165) is 24.3 Å². The Kier molecular flexibility index (Phi) is 5.71. The van der Waals surface area contributed by atoms with Crippen LogP contribution >= 0.6 is 11.8 Å². The molecule has 1 aliphatic rings. The number of rotatable bonds is 5. The van der Waals surface area contributed by atoms with Crippen molar-refractivity contribution in [1.29, 1.82) is 0 Å². The molecule has 0 bridgehead atoms. The van der Waals surface area contributed by atoms with Crippen LogP contribution in [-0.2, 0) is 17.6 Å². The fourth-order valence-electron chi connectivity index (χ4n) is 2.41. The van der Waals surface area contributed by atoms with Crippen LogP contribution in [0.15, 0.2) is 11.0 Å². The quantitative estimate of drug-likeness (QED) is 0.669. The normalized spacial score (nSPS) is 13.7. The Bertz CT molecular complexity index is 477. The summed E-state index contributed by atoms with van der Waals surface area (Å²) < 4.78 is 5.09. The van der Waals surface area contributed by atoms with E-state index in [1.807, 2.05) is 13.8 Å². The first-order chi connectivity index (χ1) is 9.70. The number of ether oxygens (including phenoxy) is 1. The predicted molar refractivity (Wildman–Crippen MR) is 81.4 cm³/mol. The molecule has 0 fully saturated rings. The van der Waals surface area contributed by atoms with Gasteiger partial charge in [-0.15, -0.1) is 11.8 Å². The van der Waals surface area contributed by atoms with Gasteiger partial charge in [0.2, 0.25) is 0 Å². The summed E-state index contributed by atoms with van der Waals surface area (Å²) in [4.78, 5) is 17.1. The van der Waals surface area contributed by atoms with Gasteiger partial charge in [0.25, 0.3) is 0 Å². The van der Waals surface area contributed by atoms with Crippen LogP contribution in [0.25, 0.3) is 0 Å². The summed E-state index contributed by atoms with van der Waals surface area (Å²) in [6.45, 7) is 4.96. The molecule has 0 spiro atoms. The minimum absolute atomic E-state index is 0.332. The minimum atomic E-state index is -0.332. The third kappa shape index (κ3) is 4.13. The van der Waals surface area contributed by atoms with Gasteiger partial charge in [-0.1, -0.05) is 0 Å². The Hall–Kier alpha value is -1.23. The van der Waals surface area contributed by atoms with Gasteiger partial charge in [0.1, 0.15) is 6.61 Å². The second-order valence-electron chi connectivity index (χ2n) is 4.91. The molecule has 0 saturated heterocycles. The van der Waals surface area contributed by atoms with Crippen LogP contribution in [0, 0.1) is 6.92 Å². The van der Waals surface area contributed by atoms with Crippen molar-refractivity contribution in [3.63, 3.8) is 0 Å². The van der Waals surface area contributed by atoms with Gasteiger partial charge in [0, 0.05) is 28.6 Å². The Morgan fingerprint density at radius 3 is 3.05 bits per heavy atom. The molecular weight excluding hydrogens is 272 g/mol. The summed E-state index contributed by atoms with van der Waals surface area (Å²) >= 11 is 1.76. The molecule has 110 valence electrons. The fourth-order valence-corrected chi connectivity index (χ4v) is 3.44. The Labute approximate surface area is 124 Å². The lowest BCUT2D eigenvalue weighted by atomic mass is 9.96. The van der Waals surface area contributed by atoms with Gasteiger partial charge in [0.05, 0.1) is 0 Å². The first-order valence-electron chi connectivity index (χ1n) is 7.23. The van der Waals surface area contributed by atoms with Crippen LogP contribution in [0.1, 0.15) is 36.7 Å². The molecule has 4 nitrogen and oxygen atoms in total. The first kappa shape index (κ1) is 15.2. The number of carbonyl (C=O) groups is 1. The number of thioether (sulfide) groups is 1. The van der Waals surface area contributed by atoms with Crippen LogP contribution in [0.5, 0.6) is 0 Å². The van der Waals surface area contributed by atoms with Crippen molar-refractivity contribution in [3.8, 4) is 0 Å². The van der Waals surface area contributed by atoms with E-state index in [1.54, 1.807) is 11.8 Å². The molecule has 1 N–H and O–H groups in total. The van der Waals surface area contributed by atoms with Gasteiger partial charge in [-0.2, -0.15) is 0 Å². The van der Waals surface area contributed by atoms with E-state index in [2.05, 4.69) is 16.4 Å². The molecule has 0 radical (unpaired) electrons. The topological polar surface area (TPSA) is 51.2 Å². The second-order valence-corrected chi connectivity index (χ2v) is 6.05. The highest BCUT2D eigenvalue weighted by Crippen LogP contribution is 2.30. The van der Waals surface area contributed by atoms with Crippen molar-refractivity contribution in [3.05, 3.63) is 23.0 Å². The highest BCUT2D eigenvalue weighted by molar-refractivity contribution is 7.99. The van der Waals surface area contributed by atoms with Crippen molar-refractivity contribution < 1.29 is 9.53 Å². The maximum absolute atomic E-state index is 11.2. The molecule has 0 unspecified atom stereocenters. The lowest BCUT2D eigenvalue weighted by Gasteiger charge is -2.19. The van der Waals surface area contributed by atoms with Gasteiger partial charge >= 0.3 is 6.09 Å². The van der Waals surface area contributed by atoms with Crippen molar-refractivity contribution >= 4 is 17.9 Å². The third-order valence-electron chi connectivity index (χ3n) is 3.28. The summed E-state index contributed by atoms with van der Waals surface area (Å²) in [5, 5.41) is 2.62. The maximum atomic E-state index is 11.2. The third-order valence-corrected chi connectivity index (χ3v) is 4.33. The summed E-state index contributed by atoms with van der Waals surface area (Å²) in [5.74, 6) is 0.785. The zero-order valence-electron chi connectivity index (χ0n) is 12.2. The van der Waals surface area contributed by atoms with Gasteiger partial charge in [-0.3, -0.25) is 4.98 Å². The number of hydrogen-bond acceptors (Lipinski definition) is 4. The van der Waals surface area contributed by atoms with Crippen molar-refractivity contribution in [2.75, 3.05) is 18.9 Å². The minimum Gasteiger partial charge on any atom is -0.449 e. The number of aryl methyl sites for hydroxylation is 2. The van der Waals surface area contributed by atoms with Crippen molar-refractivity contribution in [2.45, 2.75) is 44.4 Å². The molecule has 5 heteroatoms. The molecule has 1 aromatic heterocycles. The molecule has 0 saturated carbocycles. The van der Waals surface area contributed by atoms with Crippen molar-refractivity contribution in [1.82, 2.24) is 10.3 Å². The summed E-state index contributed by atoms with van der Waals surface area (Å²) in [6, 6.07) is 2.15. The van der Waals surface area contributed by atoms with Gasteiger partial charge in [-0.25, -0.2) is 4.79 Å². The largest absolute Gasteiger partial charge is 0.449 e. The highest BCUT2D eigenvalue weighted by Gasteiger charge is 2.15. The molecule has 20 heavy (non-hydrogen) atoms. The number of nitrogens with zero attached hydrogens (tertiary/aromatic N) is 1. The van der Waals surface area contributed by atoms with E-state index in [-0.39, 0.29) is 6.09 Å². The number of fused-ring (bicyclic) bond motifs is 1. The van der Waals surface area contributed by atoms with Crippen LogP contribution < -0.4 is 5.32 Å². The Balaban J connectivity index is 1.89. The number of nitrogens with one attached hydrogen (secondary N) is 1. The lowest BCUT2D eigenvalue weighted by molar-refractivity contribution is 0.154. The molecule has 0 aromatic carbocycles. The van der Waals surface area contributed by atoms with E-state index in [1.165, 1.54) is 29.0 Å². The second kappa shape index (κ2) is 7.53. The number of alkyl carbamates (subject to hydrolysis) is 1. The van der Waals surface area contributed by atoms with Crippen LogP contribution in [0.4, 0.5) is 4.79 Å². The average Bonchev–Trinajstić information content (AvgIpc) is 2.43.